The summed E-state index contributed by atoms with van der Waals surface area (Å²) in [7, 11) is -3.70. The molecule has 26 heavy (non-hydrogen) atoms. The molecule has 3 rings (SSSR count). The molecule has 5 nitrogen and oxygen atoms in total. The van der Waals surface area contributed by atoms with Crippen molar-refractivity contribution in [2.45, 2.75) is 76.7 Å². The van der Waals surface area contributed by atoms with Crippen molar-refractivity contribution in [3.05, 3.63) is 41.2 Å². The molecule has 1 aromatic carbocycles. The topological polar surface area (TPSA) is 64.0 Å². The maximum Gasteiger partial charge on any atom is 0.265 e. The molecule has 1 fully saturated rings. The van der Waals surface area contributed by atoms with Crippen LogP contribution < -0.4 is 4.72 Å². The third kappa shape index (κ3) is 3.80. The van der Waals surface area contributed by atoms with Gasteiger partial charge in [-0.05, 0) is 49.9 Å². The Morgan fingerprint density at radius 3 is 2.35 bits per heavy atom. The van der Waals surface area contributed by atoms with Crippen LogP contribution in [0.5, 0.6) is 0 Å². The molecule has 1 heterocycles. The van der Waals surface area contributed by atoms with Crippen LogP contribution in [0.1, 0.15) is 69.3 Å². The summed E-state index contributed by atoms with van der Waals surface area (Å²) in [5.74, 6) is 0. The molecule has 1 aliphatic carbocycles. The van der Waals surface area contributed by atoms with Crippen molar-refractivity contribution in [1.29, 1.82) is 0 Å². The highest BCUT2D eigenvalue weighted by Gasteiger charge is 2.32. The lowest BCUT2D eigenvalue weighted by Crippen LogP contribution is -2.20. The van der Waals surface area contributed by atoms with E-state index < -0.39 is 10.0 Å². The monoisotopic (exact) mass is 375 g/mol. The van der Waals surface area contributed by atoms with Crippen molar-refractivity contribution in [3.8, 4) is 0 Å². The van der Waals surface area contributed by atoms with Crippen molar-refractivity contribution in [3.63, 3.8) is 0 Å². The highest BCUT2D eigenvalue weighted by molar-refractivity contribution is 7.92. The van der Waals surface area contributed by atoms with Crippen LogP contribution >= 0.6 is 0 Å². The Kier molecular flexibility index (Phi) is 4.90. The van der Waals surface area contributed by atoms with Crippen molar-refractivity contribution < 1.29 is 8.42 Å². The van der Waals surface area contributed by atoms with Gasteiger partial charge in [-0.1, -0.05) is 39.7 Å². The Labute approximate surface area is 156 Å². The zero-order valence-electron chi connectivity index (χ0n) is 16.3. The number of hydrogen-bond donors (Lipinski definition) is 1. The minimum atomic E-state index is -3.70. The minimum absolute atomic E-state index is 0.287. The first-order chi connectivity index (χ1) is 12.1. The van der Waals surface area contributed by atoms with Crippen LogP contribution in [0.25, 0.3) is 0 Å². The number of anilines is 1. The largest absolute Gasteiger partial charge is 0.280 e. The molecule has 0 aliphatic heterocycles. The van der Waals surface area contributed by atoms with Crippen LogP contribution in [0, 0.1) is 13.8 Å². The fourth-order valence-electron chi connectivity index (χ4n) is 3.46. The second-order valence-electron chi connectivity index (χ2n) is 8.41. The van der Waals surface area contributed by atoms with Gasteiger partial charge >= 0.3 is 0 Å². The van der Waals surface area contributed by atoms with Crippen LogP contribution in [0.4, 0.5) is 5.69 Å². The predicted molar refractivity (Wildman–Crippen MR) is 105 cm³/mol. The number of aromatic nitrogens is 2. The van der Waals surface area contributed by atoms with Gasteiger partial charge in [0, 0.05) is 17.3 Å². The van der Waals surface area contributed by atoms with Crippen molar-refractivity contribution in [2.24, 2.45) is 0 Å². The number of sulfonamides is 1. The number of nitrogens with one attached hydrogen (secondary N) is 1. The van der Waals surface area contributed by atoms with E-state index in [1.165, 1.54) is 12.8 Å². The lowest BCUT2D eigenvalue weighted by molar-refractivity contribution is 0.448. The maximum absolute atomic E-state index is 13.1. The summed E-state index contributed by atoms with van der Waals surface area (Å²) in [6, 6.07) is 5.91. The second-order valence-corrected chi connectivity index (χ2v) is 10.1. The fraction of sp³-hybridized carbons (Fsp3) is 0.550. The number of aryl methyl sites for hydroxylation is 2. The fourth-order valence-corrected chi connectivity index (χ4v) is 4.86. The van der Waals surface area contributed by atoms with E-state index in [0.29, 0.717) is 17.4 Å². The molecule has 0 amide bonds. The Morgan fingerprint density at radius 1 is 1.12 bits per heavy atom. The van der Waals surface area contributed by atoms with E-state index in [1.54, 1.807) is 12.3 Å². The van der Waals surface area contributed by atoms with Crippen molar-refractivity contribution in [1.82, 2.24) is 9.78 Å². The molecule has 2 aromatic rings. The average Bonchev–Trinajstić information content (AvgIpc) is 3.18. The summed E-state index contributed by atoms with van der Waals surface area (Å²) in [5.41, 5.74) is 3.06. The summed E-state index contributed by atoms with van der Waals surface area (Å²) >= 11 is 0. The molecule has 6 heteroatoms. The molecular weight excluding hydrogens is 346 g/mol. The van der Waals surface area contributed by atoms with Gasteiger partial charge < -0.3 is 0 Å². The molecule has 1 aliphatic rings. The first-order valence-electron chi connectivity index (χ1n) is 9.27. The molecule has 0 bridgehead atoms. The van der Waals surface area contributed by atoms with Gasteiger partial charge in [0.15, 0.2) is 0 Å². The quantitative estimate of drug-likeness (QED) is 0.841. The molecule has 0 atom stereocenters. The maximum atomic E-state index is 13.1. The van der Waals surface area contributed by atoms with Gasteiger partial charge in [0.1, 0.15) is 4.90 Å². The molecule has 1 saturated carbocycles. The van der Waals surface area contributed by atoms with Crippen LogP contribution in [0.3, 0.4) is 0 Å². The Bertz CT molecular complexity index is 902. The summed E-state index contributed by atoms with van der Waals surface area (Å²) in [6.45, 7) is 10.00. The van der Waals surface area contributed by atoms with Gasteiger partial charge in [-0.25, -0.2) is 8.42 Å². The van der Waals surface area contributed by atoms with E-state index in [0.717, 1.165) is 24.0 Å². The third-order valence-corrected chi connectivity index (χ3v) is 6.54. The summed E-state index contributed by atoms with van der Waals surface area (Å²) < 4.78 is 30.9. The van der Waals surface area contributed by atoms with E-state index >= 15 is 0 Å². The van der Waals surface area contributed by atoms with Gasteiger partial charge in [-0.15, -0.1) is 0 Å². The normalized spacial score (nSPS) is 16.2. The Morgan fingerprint density at radius 2 is 1.77 bits per heavy atom. The molecule has 1 aromatic heterocycles. The number of hydrogen-bond acceptors (Lipinski definition) is 3. The smallest absolute Gasteiger partial charge is 0.265 e. The average molecular weight is 376 g/mol. The number of nitrogens with zero attached hydrogens (tertiary/aromatic N) is 2. The van der Waals surface area contributed by atoms with E-state index in [9.17, 15) is 8.42 Å². The zero-order chi connectivity index (χ0) is 19.1. The standard InChI is InChI=1S/C20H29N3O2S/c1-14-10-11-16(12-15(14)2)22-26(24,25)18-13-23(17-8-6-7-9-17)21-19(18)20(3,4)5/h10-13,17,22H,6-9H2,1-5H3. The van der Waals surface area contributed by atoms with E-state index in [4.69, 9.17) is 5.10 Å². The number of benzene rings is 1. The third-order valence-electron chi connectivity index (χ3n) is 5.16. The van der Waals surface area contributed by atoms with Crippen LogP contribution in [-0.4, -0.2) is 18.2 Å². The van der Waals surface area contributed by atoms with Crippen LogP contribution in [-0.2, 0) is 15.4 Å². The van der Waals surface area contributed by atoms with Crippen LogP contribution in [0.2, 0.25) is 0 Å². The van der Waals surface area contributed by atoms with Gasteiger partial charge in [-0.3, -0.25) is 9.40 Å². The predicted octanol–water partition coefficient (Wildman–Crippen LogP) is 4.71. The molecule has 1 N–H and O–H groups in total. The Balaban J connectivity index is 2.00. The molecule has 0 radical (unpaired) electrons. The molecular formula is C20H29N3O2S. The van der Waals surface area contributed by atoms with Gasteiger partial charge in [-0.2, -0.15) is 5.10 Å². The van der Waals surface area contributed by atoms with E-state index in [1.807, 2.05) is 51.4 Å². The lowest BCUT2D eigenvalue weighted by atomic mass is 9.92. The highest BCUT2D eigenvalue weighted by atomic mass is 32.2. The summed E-state index contributed by atoms with van der Waals surface area (Å²) in [4.78, 5) is 0.287. The molecule has 0 unspecified atom stereocenters. The van der Waals surface area contributed by atoms with Gasteiger partial charge in [0.2, 0.25) is 0 Å². The van der Waals surface area contributed by atoms with Crippen molar-refractivity contribution >= 4 is 15.7 Å². The first kappa shape index (κ1) is 19.0. The van der Waals surface area contributed by atoms with Gasteiger partial charge in [0.25, 0.3) is 10.0 Å². The van der Waals surface area contributed by atoms with Gasteiger partial charge in [0.05, 0.1) is 11.7 Å². The lowest BCUT2D eigenvalue weighted by Gasteiger charge is -2.18. The molecule has 0 saturated heterocycles. The van der Waals surface area contributed by atoms with Crippen LogP contribution in [0.15, 0.2) is 29.3 Å². The number of rotatable bonds is 4. The SMILES string of the molecule is Cc1ccc(NS(=O)(=O)c2cn(C3CCCC3)nc2C(C)(C)C)cc1C. The summed E-state index contributed by atoms with van der Waals surface area (Å²) in [6.07, 6.45) is 6.21. The molecule has 0 spiro atoms. The first-order valence-corrected chi connectivity index (χ1v) is 10.8. The highest BCUT2D eigenvalue weighted by Crippen LogP contribution is 2.34. The van der Waals surface area contributed by atoms with E-state index in [-0.39, 0.29) is 10.3 Å². The van der Waals surface area contributed by atoms with Crippen molar-refractivity contribution in [2.75, 3.05) is 4.72 Å². The zero-order valence-corrected chi connectivity index (χ0v) is 17.2. The Hall–Kier alpha value is -1.82. The molecule has 142 valence electrons. The second kappa shape index (κ2) is 6.72. The van der Waals surface area contributed by atoms with E-state index in [2.05, 4.69) is 4.72 Å². The summed E-state index contributed by atoms with van der Waals surface area (Å²) in [5, 5.41) is 4.70. The minimum Gasteiger partial charge on any atom is -0.280 e.